The van der Waals surface area contributed by atoms with Crippen LogP contribution in [0.1, 0.15) is 24.8 Å². The zero-order valence-corrected chi connectivity index (χ0v) is 9.43. The van der Waals surface area contributed by atoms with Crippen molar-refractivity contribution in [3.05, 3.63) is 35.9 Å². The molecule has 1 aliphatic heterocycles. The van der Waals surface area contributed by atoms with E-state index in [1.165, 1.54) is 5.56 Å². The second-order valence-corrected chi connectivity index (χ2v) is 4.37. The van der Waals surface area contributed by atoms with Gasteiger partial charge in [-0.3, -0.25) is 9.69 Å². The average molecular weight is 218 g/mol. The van der Waals surface area contributed by atoms with Crippen molar-refractivity contribution in [3.8, 4) is 0 Å². The number of hydrogen-bond acceptors (Lipinski definition) is 2. The van der Waals surface area contributed by atoms with Gasteiger partial charge >= 0.3 is 0 Å². The van der Waals surface area contributed by atoms with Gasteiger partial charge in [0.25, 0.3) is 0 Å². The normalized spacial score (nSPS) is 21.9. The van der Waals surface area contributed by atoms with Gasteiger partial charge in [-0.2, -0.15) is 0 Å². The highest BCUT2D eigenvalue weighted by atomic mass is 16.1. The molecule has 86 valence electrons. The second-order valence-electron chi connectivity index (χ2n) is 4.37. The van der Waals surface area contributed by atoms with E-state index in [0.717, 1.165) is 32.4 Å². The third-order valence-electron chi connectivity index (χ3n) is 3.17. The quantitative estimate of drug-likeness (QED) is 0.836. The summed E-state index contributed by atoms with van der Waals surface area (Å²) in [4.78, 5) is 13.5. The van der Waals surface area contributed by atoms with Gasteiger partial charge in [0.2, 0.25) is 5.91 Å². The van der Waals surface area contributed by atoms with E-state index in [-0.39, 0.29) is 11.9 Å². The Balaban J connectivity index is 2.04. The van der Waals surface area contributed by atoms with E-state index < -0.39 is 0 Å². The number of nitrogens with two attached hydrogens (primary N) is 1. The van der Waals surface area contributed by atoms with E-state index in [2.05, 4.69) is 17.0 Å². The van der Waals surface area contributed by atoms with Crippen LogP contribution < -0.4 is 5.73 Å². The van der Waals surface area contributed by atoms with Crippen LogP contribution in [0.5, 0.6) is 0 Å². The minimum atomic E-state index is -0.185. The van der Waals surface area contributed by atoms with Gasteiger partial charge in [-0.15, -0.1) is 0 Å². The minimum Gasteiger partial charge on any atom is -0.368 e. The van der Waals surface area contributed by atoms with Gasteiger partial charge in [0.15, 0.2) is 0 Å². The molecule has 1 aromatic rings. The summed E-state index contributed by atoms with van der Waals surface area (Å²) < 4.78 is 0. The van der Waals surface area contributed by atoms with Gasteiger partial charge in [0.1, 0.15) is 0 Å². The largest absolute Gasteiger partial charge is 0.368 e. The molecule has 2 N–H and O–H groups in total. The van der Waals surface area contributed by atoms with Crippen LogP contribution in [0.15, 0.2) is 30.3 Å². The molecule has 0 aromatic heterocycles. The molecule has 3 heteroatoms. The summed E-state index contributed by atoms with van der Waals surface area (Å²) in [6.07, 6.45) is 3.18. The van der Waals surface area contributed by atoms with E-state index >= 15 is 0 Å². The molecule has 0 bridgehead atoms. The third-order valence-corrected chi connectivity index (χ3v) is 3.17. The van der Waals surface area contributed by atoms with Crippen molar-refractivity contribution in [1.29, 1.82) is 0 Å². The predicted molar refractivity (Wildman–Crippen MR) is 63.7 cm³/mol. The van der Waals surface area contributed by atoms with Crippen molar-refractivity contribution in [2.45, 2.75) is 31.8 Å². The highest BCUT2D eigenvalue weighted by Gasteiger charge is 2.26. The molecule has 16 heavy (non-hydrogen) atoms. The Morgan fingerprint density at radius 3 is 2.75 bits per heavy atom. The fraction of sp³-hybridized carbons (Fsp3) is 0.462. The van der Waals surface area contributed by atoms with Crippen LogP contribution in [0.25, 0.3) is 0 Å². The molecule has 1 amide bonds. The van der Waals surface area contributed by atoms with Crippen LogP contribution in [-0.2, 0) is 11.3 Å². The number of likely N-dealkylation sites (tertiary alicyclic amines) is 1. The first-order chi connectivity index (χ1) is 7.77. The minimum absolute atomic E-state index is 0.0750. The molecule has 0 radical (unpaired) electrons. The molecule has 2 rings (SSSR count). The summed E-state index contributed by atoms with van der Waals surface area (Å²) in [6.45, 7) is 1.80. The first kappa shape index (κ1) is 11.1. The Morgan fingerprint density at radius 2 is 2.06 bits per heavy atom. The molecule has 0 unspecified atom stereocenters. The molecule has 0 saturated carbocycles. The van der Waals surface area contributed by atoms with E-state index in [1.807, 2.05) is 18.2 Å². The summed E-state index contributed by atoms with van der Waals surface area (Å²) >= 11 is 0. The van der Waals surface area contributed by atoms with Crippen LogP contribution in [0, 0.1) is 0 Å². The number of rotatable bonds is 3. The van der Waals surface area contributed by atoms with Crippen LogP contribution >= 0.6 is 0 Å². The lowest BCUT2D eigenvalue weighted by Gasteiger charge is -2.33. The van der Waals surface area contributed by atoms with Gasteiger partial charge in [0, 0.05) is 6.54 Å². The average Bonchev–Trinajstić information content (AvgIpc) is 2.31. The first-order valence-electron chi connectivity index (χ1n) is 5.84. The smallest absolute Gasteiger partial charge is 0.234 e. The van der Waals surface area contributed by atoms with Crippen molar-refractivity contribution in [2.75, 3.05) is 6.54 Å². The van der Waals surface area contributed by atoms with Crippen LogP contribution in [0.3, 0.4) is 0 Å². The Kier molecular flexibility index (Phi) is 3.57. The van der Waals surface area contributed by atoms with Gasteiger partial charge < -0.3 is 5.73 Å². The first-order valence-corrected chi connectivity index (χ1v) is 5.84. The van der Waals surface area contributed by atoms with Crippen LogP contribution in [0.2, 0.25) is 0 Å². The van der Waals surface area contributed by atoms with Gasteiger partial charge in [-0.25, -0.2) is 0 Å². The highest BCUT2D eigenvalue weighted by Crippen LogP contribution is 2.19. The number of carbonyl (C=O) groups excluding carboxylic acids is 1. The Labute approximate surface area is 96.2 Å². The van der Waals surface area contributed by atoms with Crippen LogP contribution in [0.4, 0.5) is 0 Å². The molecule has 1 saturated heterocycles. The monoisotopic (exact) mass is 218 g/mol. The fourth-order valence-corrected chi connectivity index (χ4v) is 2.32. The van der Waals surface area contributed by atoms with Crippen molar-refractivity contribution in [2.24, 2.45) is 5.73 Å². The molecule has 1 heterocycles. The van der Waals surface area contributed by atoms with Crippen molar-refractivity contribution >= 4 is 5.91 Å². The van der Waals surface area contributed by atoms with Crippen molar-refractivity contribution < 1.29 is 4.79 Å². The van der Waals surface area contributed by atoms with Crippen molar-refractivity contribution in [1.82, 2.24) is 4.90 Å². The number of carbonyl (C=O) groups is 1. The van der Waals surface area contributed by atoms with E-state index in [9.17, 15) is 4.79 Å². The number of piperidine rings is 1. The van der Waals surface area contributed by atoms with E-state index in [4.69, 9.17) is 5.73 Å². The maximum absolute atomic E-state index is 11.3. The Hall–Kier alpha value is -1.35. The number of primary amides is 1. The second kappa shape index (κ2) is 5.12. The molecule has 3 nitrogen and oxygen atoms in total. The van der Waals surface area contributed by atoms with Crippen molar-refractivity contribution in [3.63, 3.8) is 0 Å². The third kappa shape index (κ3) is 2.61. The maximum atomic E-state index is 11.3. The molecular weight excluding hydrogens is 200 g/mol. The number of hydrogen-bond donors (Lipinski definition) is 1. The summed E-state index contributed by atoms with van der Waals surface area (Å²) in [5, 5.41) is 0. The number of nitrogens with zero attached hydrogens (tertiary/aromatic N) is 1. The lowest BCUT2D eigenvalue weighted by atomic mass is 10.0. The molecule has 0 spiro atoms. The summed E-state index contributed by atoms with van der Waals surface area (Å²) in [6, 6.07) is 10.2. The predicted octanol–water partition coefficient (Wildman–Crippen LogP) is 1.53. The number of amides is 1. The number of benzene rings is 1. The molecular formula is C13H18N2O. The highest BCUT2D eigenvalue weighted by molar-refractivity contribution is 5.79. The summed E-state index contributed by atoms with van der Waals surface area (Å²) in [7, 11) is 0. The van der Waals surface area contributed by atoms with Crippen LogP contribution in [-0.4, -0.2) is 23.4 Å². The van der Waals surface area contributed by atoms with Gasteiger partial charge in [0.05, 0.1) is 6.04 Å². The summed E-state index contributed by atoms with van der Waals surface area (Å²) in [5.74, 6) is -0.185. The Bertz CT molecular complexity index is 350. The molecule has 1 aliphatic rings. The zero-order valence-electron chi connectivity index (χ0n) is 9.43. The lowest BCUT2D eigenvalue weighted by Crippen LogP contribution is -2.47. The molecule has 1 fully saturated rings. The fourth-order valence-electron chi connectivity index (χ4n) is 2.32. The van der Waals surface area contributed by atoms with E-state index in [1.54, 1.807) is 0 Å². The maximum Gasteiger partial charge on any atom is 0.234 e. The molecule has 1 aromatic carbocycles. The van der Waals surface area contributed by atoms with Gasteiger partial charge in [-0.05, 0) is 24.9 Å². The molecule has 0 aliphatic carbocycles. The van der Waals surface area contributed by atoms with E-state index in [0.29, 0.717) is 0 Å². The Morgan fingerprint density at radius 1 is 1.31 bits per heavy atom. The summed E-state index contributed by atoms with van der Waals surface area (Å²) in [5.41, 5.74) is 6.68. The molecule has 1 atom stereocenters. The zero-order chi connectivity index (χ0) is 11.4. The standard InChI is InChI=1S/C13H18N2O/c14-13(16)12-8-4-5-9-15(12)10-11-6-2-1-3-7-11/h1-3,6-7,12H,4-5,8-10H2,(H2,14,16)/t12-/m0/s1. The lowest BCUT2D eigenvalue weighted by molar-refractivity contribution is -0.124. The van der Waals surface area contributed by atoms with Gasteiger partial charge in [-0.1, -0.05) is 36.8 Å². The topological polar surface area (TPSA) is 46.3 Å². The SMILES string of the molecule is NC(=O)[C@@H]1CCCCN1Cc1ccccc1.